The number of unbranched alkanes of at least 4 members (excludes halogenated alkanes) is 11. The lowest BCUT2D eigenvalue weighted by Crippen LogP contribution is -2.70. The Hall–Kier alpha value is -3.94. The van der Waals surface area contributed by atoms with Gasteiger partial charge in [-0.3, -0.25) is 4.90 Å². The number of hydrogen-bond donors (Lipinski definition) is 3. The van der Waals surface area contributed by atoms with Crippen LogP contribution in [-0.2, 0) is 19.0 Å². The molecule has 0 aromatic heterocycles. The van der Waals surface area contributed by atoms with E-state index >= 15 is 0 Å². The highest BCUT2D eigenvalue weighted by molar-refractivity contribution is 6.03. The summed E-state index contributed by atoms with van der Waals surface area (Å²) in [4.78, 5) is 22.3. The molecule has 2 aliphatic carbocycles. The summed E-state index contributed by atoms with van der Waals surface area (Å²) < 4.78 is 33.0. The maximum Gasteiger partial charge on any atom is 0.410 e. The van der Waals surface area contributed by atoms with Crippen molar-refractivity contribution in [1.29, 1.82) is 0 Å². The Morgan fingerprint density at radius 1 is 0.833 bits per heavy atom. The van der Waals surface area contributed by atoms with E-state index in [9.17, 15) is 20.1 Å². The predicted molar refractivity (Wildman–Crippen MR) is 260 cm³/mol. The molecular formula is C54H82N2O10. The van der Waals surface area contributed by atoms with Crippen LogP contribution in [0.15, 0.2) is 65.9 Å². The van der Waals surface area contributed by atoms with Crippen LogP contribution in [-0.4, -0.2) is 103 Å². The summed E-state index contributed by atoms with van der Waals surface area (Å²) in [6.45, 7) is 13.6. The highest BCUT2D eigenvalue weighted by atomic mass is 16.7. The maximum atomic E-state index is 14.7. The number of nitrogens with zero attached hydrogens (tertiary/aromatic N) is 2. The first-order valence-electron chi connectivity index (χ1n) is 25.3. The first-order chi connectivity index (χ1) is 32.3. The van der Waals surface area contributed by atoms with Crippen LogP contribution in [0.3, 0.4) is 0 Å². The van der Waals surface area contributed by atoms with Crippen LogP contribution in [0.4, 0.5) is 4.79 Å². The molecule has 0 radical (unpaired) electrons. The molecule has 1 aliphatic heterocycles. The molecule has 12 nitrogen and oxygen atoms in total. The van der Waals surface area contributed by atoms with Gasteiger partial charge in [0.2, 0.25) is 5.79 Å². The molecule has 1 amide bonds. The number of aryl methyl sites for hydroxylation is 2. The minimum absolute atomic E-state index is 0.0620. The van der Waals surface area contributed by atoms with Crippen LogP contribution in [0.2, 0.25) is 0 Å². The molecule has 1 heterocycles. The average molecular weight is 919 g/mol. The molecule has 0 spiro atoms. The lowest BCUT2D eigenvalue weighted by atomic mass is 9.55. The highest BCUT2D eigenvalue weighted by Gasteiger charge is 2.65. The van der Waals surface area contributed by atoms with Gasteiger partial charge in [0.05, 0.1) is 44.7 Å². The largest absolute Gasteiger partial charge is 0.459 e. The quantitative estimate of drug-likeness (QED) is 0.0368. The molecule has 12 heteroatoms. The van der Waals surface area contributed by atoms with Crippen molar-refractivity contribution in [3.05, 3.63) is 77.4 Å². The van der Waals surface area contributed by atoms with Gasteiger partial charge in [0.15, 0.2) is 0 Å². The smallest absolute Gasteiger partial charge is 0.410 e. The van der Waals surface area contributed by atoms with E-state index in [4.69, 9.17) is 33.7 Å². The second kappa shape index (κ2) is 28.4. The third kappa shape index (κ3) is 14.3. The maximum absolute atomic E-state index is 14.7. The number of fused-ring (bicyclic) bond motifs is 2. The van der Waals surface area contributed by atoms with Gasteiger partial charge in [-0.05, 0) is 112 Å². The molecule has 2 aromatic carbocycles. The Balaban J connectivity index is 1.60. The van der Waals surface area contributed by atoms with Gasteiger partial charge in [-0.2, -0.15) is 0 Å². The van der Waals surface area contributed by atoms with Crippen LogP contribution < -0.4 is 9.47 Å². The normalized spacial score (nSPS) is 22.5. The molecule has 368 valence electrons. The van der Waals surface area contributed by atoms with E-state index in [1.165, 1.54) is 50.5 Å². The molecule has 1 saturated carbocycles. The lowest BCUT2D eigenvalue weighted by molar-refractivity contribution is -0.256. The third-order valence-corrected chi connectivity index (χ3v) is 13.7. The molecular weight excluding hydrogens is 837 g/mol. The number of aliphatic hydroxyl groups excluding tert-OH is 3. The molecule has 1 fully saturated rings. The van der Waals surface area contributed by atoms with Gasteiger partial charge in [-0.15, -0.1) is 6.58 Å². The summed E-state index contributed by atoms with van der Waals surface area (Å²) in [6, 6.07) is 11.3. The minimum atomic E-state index is -1.43. The fourth-order valence-electron chi connectivity index (χ4n) is 10.3. The van der Waals surface area contributed by atoms with Crippen molar-refractivity contribution >= 4 is 11.8 Å². The first kappa shape index (κ1) is 53.0. The predicted octanol–water partition coefficient (Wildman–Crippen LogP) is 11.1. The summed E-state index contributed by atoms with van der Waals surface area (Å²) in [5.41, 5.74) is 4.97. The second-order valence-electron chi connectivity index (χ2n) is 18.4. The Morgan fingerprint density at radius 3 is 2.21 bits per heavy atom. The topological polar surface area (TPSA) is 149 Å². The SMILES string of the molecule is C=CCO[C@@]12Oc3ccc(Oc4ccc(C)c(C)c4)cc3[C@H]3[C@H](CCCCO)[C@@H](CCCCO)C=C(C(=NOCC)C[C@@H]1N(CCOCCO)C(=O)OCCCCCCCCCCCC)[C@H]32. The zero-order valence-electron chi connectivity index (χ0n) is 40.7. The number of aliphatic hydroxyl groups is 3. The Kier molecular flexibility index (Phi) is 22.8. The van der Waals surface area contributed by atoms with Gasteiger partial charge in [0.25, 0.3) is 0 Å². The molecule has 66 heavy (non-hydrogen) atoms. The van der Waals surface area contributed by atoms with E-state index in [-0.39, 0.29) is 77.0 Å². The second-order valence-corrected chi connectivity index (χ2v) is 18.4. The van der Waals surface area contributed by atoms with Crippen molar-refractivity contribution in [2.24, 2.45) is 22.9 Å². The summed E-state index contributed by atoms with van der Waals surface area (Å²) >= 11 is 0. The van der Waals surface area contributed by atoms with Crippen LogP contribution in [0.1, 0.15) is 146 Å². The zero-order chi connectivity index (χ0) is 47.2. The number of allylic oxidation sites excluding steroid dienone is 1. The van der Waals surface area contributed by atoms with Gasteiger partial charge in [-0.1, -0.05) is 101 Å². The molecule has 0 unspecified atom stereocenters. The fraction of sp³-hybridized carbons (Fsp3) is 0.667. The van der Waals surface area contributed by atoms with E-state index in [2.05, 4.69) is 45.6 Å². The zero-order valence-corrected chi connectivity index (χ0v) is 40.7. The molecule has 0 bridgehead atoms. The summed E-state index contributed by atoms with van der Waals surface area (Å²) in [5, 5.41) is 34.4. The van der Waals surface area contributed by atoms with E-state index in [0.29, 0.717) is 36.7 Å². The highest BCUT2D eigenvalue weighted by Crippen LogP contribution is 2.62. The molecule has 3 aliphatic rings. The average Bonchev–Trinajstić information content (AvgIpc) is 3.32. The van der Waals surface area contributed by atoms with Crippen LogP contribution >= 0.6 is 0 Å². The van der Waals surface area contributed by atoms with E-state index in [0.717, 1.165) is 67.4 Å². The van der Waals surface area contributed by atoms with Crippen molar-refractivity contribution in [3.8, 4) is 17.2 Å². The number of carbonyl (C=O) groups is 1. The monoisotopic (exact) mass is 919 g/mol. The number of hydrogen-bond acceptors (Lipinski definition) is 11. The Bertz CT molecular complexity index is 1830. The standard InChI is InChI=1S/C54H82N2O10/c1-6-9-10-11-12-13-14-15-16-21-33-62-53(60)56(28-34-61-35-31-59)50-39-48(55-64-8-3)46-37-42(22-17-19-29-57)45(23-18-20-30-58)51-47-38-44(65-43-25-24-40(4)41(5)36-43)26-27-49(47)66-54(50,52(46)51)63-32-7-2/h7,24-27,36-38,42,45,50-52,57-59H,2,6,8-23,28-35,39H2,1,3-5H3/t42-,45+,50-,51+,52+,54+/m0/s1. The van der Waals surface area contributed by atoms with Crippen LogP contribution in [0.5, 0.6) is 17.2 Å². The van der Waals surface area contributed by atoms with Crippen molar-refractivity contribution in [1.82, 2.24) is 4.90 Å². The van der Waals surface area contributed by atoms with E-state index in [1.807, 2.05) is 31.2 Å². The minimum Gasteiger partial charge on any atom is -0.459 e. The number of ether oxygens (including phenoxy) is 5. The van der Waals surface area contributed by atoms with Gasteiger partial charge in [0.1, 0.15) is 29.9 Å². The molecule has 5 rings (SSSR count). The van der Waals surface area contributed by atoms with Crippen molar-refractivity contribution in [2.75, 3.05) is 59.4 Å². The number of benzene rings is 2. The fourth-order valence-corrected chi connectivity index (χ4v) is 10.3. The van der Waals surface area contributed by atoms with Gasteiger partial charge < -0.3 is 43.8 Å². The number of carbonyl (C=O) groups excluding carboxylic acids is 1. The van der Waals surface area contributed by atoms with Gasteiger partial charge >= 0.3 is 6.09 Å². The number of amides is 1. The molecule has 0 saturated heterocycles. The van der Waals surface area contributed by atoms with Crippen molar-refractivity contribution < 1.29 is 48.6 Å². The summed E-state index contributed by atoms with van der Waals surface area (Å²) in [6.07, 6.45) is 20.2. The summed E-state index contributed by atoms with van der Waals surface area (Å²) in [7, 11) is 0. The third-order valence-electron chi connectivity index (χ3n) is 13.7. The van der Waals surface area contributed by atoms with Crippen LogP contribution in [0.25, 0.3) is 0 Å². The first-order valence-corrected chi connectivity index (χ1v) is 25.3. The van der Waals surface area contributed by atoms with Crippen molar-refractivity contribution in [3.63, 3.8) is 0 Å². The Labute approximate surface area is 395 Å². The Morgan fingerprint density at radius 2 is 1.53 bits per heavy atom. The van der Waals surface area contributed by atoms with Crippen LogP contribution in [0, 0.1) is 31.6 Å². The van der Waals surface area contributed by atoms with Gasteiger partial charge in [-0.25, -0.2) is 4.79 Å². The number of oxime groups is 1. The lowest BCUT2D eigenvalue weighted by Gasteiger charge is -2.59. The van der Waals surface area contributed by atoms with E-state index in [1.54, 1.807) is 11.0 Å². The van der Waals surface area contributed by atoms with Gasteiger partial charge in [0, 0.05) is 37.7 Å². The molecule has 2 aromatic rings. The molecule has 3 N–H and O–H groups in total. The number of rotatable bonds is 32. The summed E-state index contributed by atoms with van der Waals surface area (Å²) in [5.74, 6) is 0.105. The molecule has 6 atom stereocenters. The van der Waals surface area contributed by atoms with E-state index < -0.39 is 23.8 Å². The van der Waals surface area contributed by atoms with Crippen molar-refractivity contribution in [2.45, 2.75) is 155 Å².